The number of rotatable bonds is 1. The van der Waals surface area contributed by atoms with Crippen LogP contribution in [0.1, 0.15) is 24.0 Å². The molecule has 0 bridgehead atoms. The van der Waals surface area contributed by atoms with Gasteiger partial charge in [-0.05, 0) is 25.5 Å². The van der Waals surface area contributed by atoms with Gasteiger partial charge in [0.2, 0.25) is 0 Å². The third-order valence-electron chi connectivity index (χ3n) is 2.66. The maximum Gasteiger partial charge on any atom is 0.123 e. The van der Waals surface area contributed by atoms with Gasteiger partial charge < -0.3 is 9.84 Å². The van der Waals surface area contributed by atoms with Crippen LogP contribution >= 0.6 is 0 Å². The van der Waals surface area contributed by atoms with E-state index in [0.717, 1.165) is 5.75 Å². The quantitative estimate of drug-likeness (QED) is 0.711. The summed E-state index contributed by atoms with van der Waals surface area (Å²) in [4.78, 5) is 0. The van der Waals surface area contributed by atoms with E-state index in [2.05, 4.69) is 13.0 Å². The van der Waals surface area contributed by atoms with E-state index in [-0.39, 0.29) is 12.0 Å². The van der Waals surface area contributed by atoms with Gasteiger partial charge in [0.25, 0.3) is 0 Å². The molecule has 0 aliphatic carbocycles. The maximum atomic E-state index is 9.54. The highest BCUT2D eigenvalue weighted by Gasteiger charge is 2.28. The molecule has 1 aliphatic rings. The summed E-state index contributed by atoms with van der Waals surface area (Å²) in [6.07, 6.45) is -0.331. The fourth-order valence-corrected chi connectivity index (χ4v) is 1.90. The SMILES string of the molecule is Cc1cccc2c1C(C(C)O)CO2. The number of aliphatic hydroxyl groups excluding tert-OH is 1. The van der Waals surface area contributed by atoms with Crippen molar-refractivity contribution < 1.29 is 9.84 Å². The topological polar surface area (TPSA) is 29.5 Å². The fourth-order valence-electron chi connectivity index (χ4n) is 1.90. The summed E-state index contributed by atoms with van der Waals surface area (Å²) in [6.45, 7) is 4.48. The highest BCUT2D eigenvalue weighted by atomic mass is 16.5. The van der Waals surface area contributed by atoms with Gasteiger partial charge in [-0.3, -0.25) is 0 Å². The lowest BCUT2D eigenvalue weighted by Crippen LogP contribution is -2.16. The second kappa shape index (κ2) is 3.04. The Morgan fingerprint density at radius 3 is 3.00 bits per heavy atom. The molecule has 0 saturated heterocycles. The first-order valence-corrected chi connectivity index (χ1v) is 4.60. The zero-order valence-electron chi connectivity index (χ0n) is 7.95. The lowest BCUT2D eigenvalue weighted by atomic mass is 9.93. The van der Waals surface area contributed by atoms with Gasteiger partial charge in [0.05, 0.1) is 12.7 Å². The van der Waals surface area contributed by atoms with Gasteiger partial charge in [-0.15, -0.1) is 0 Å². The molecule has 2 heteroatoms. The molecule has 0 amide bonds. The molecule has 0 fully saturated rings. The molecule has 1 heterocycles. The van der Waals surface area contributed by atoms with Crippen LogP contribution in [0.3, 0.4) is 0 Å². The van der Waals surface area contributed by atoms with Crippen molar-refractivity contribution in [2.45, 2.75) is 25.9 Å². The Hall–Kier alpha value is -1.02. The average Bonchev–Trinajstić information content (AvgIpc) is 2.49. The molecule has 0 aromatic heterocycles. The van der Waals surface area contributed by atoms with Gasteiger partial charge in [-0.1, -0.05) is 12.1 Å². The first kappa shape index (κ1) is 8.57. The normalized spacial score (nSPS) is 22.2. The van der Waals surface area contributed by atoms with E-state index in [0.29, 0.717) is 6.61 Å². The van der Waals surface area contributed by atoms with Crippen molar-refractivity contribution >= 4 is 0 Å². The molecule has 2 nitrogen and oxygen atoms in total. The summed E-state index contributed by atoms with van der Waals surface area (Å²) < 4.78 is 5.49. The predicted molar refractivity (Wildman–Crippen MR) is 51.1 cm³/mol. The largest absolute Gasteiger partial charge is 0.493 e. The first-order valence-electron chi connectivity index (χ1n) is 4.60. The van der Waals surface area contributed by atoms with Crippen molar-refractivity contribution in [1.82, 2.24) is 0 Å². The Morgan fingerprint density at radius 2 is 2.31 bits per heavy atom. The summed E-state index contributed by atoms with van der Waals surface area (Å²) in [7, 11) is 0. The molecule has 0 spiro atoms. The van der Waals surface area contributed by atoms with Crippen LogP contribution in [0, 0.1) is 6.92 Å². The number of benzene rings is 1. The van der Waals surface area contributed by atoms with Gasteiger partial charge in [-0.25, -0.2) is 0 Å². The van der Waals surface area contributed by atoms with E-state index in [1.807, 2.05) is 19.1 Å². The third kappa shape index (κ3) is 1.31. The Labute approximate surface area is 78.2 Å². The monoisotopic (exact) mass is 178 g/mol. The average molecular weight is 178 g/mol. The highest BCUT2D eigenvalue weighted by Crippen LogP contribution is 2.37. The molecule has 1 aromatic carbocycles. The lowest BCUT2D eigenvalue weighted by Gasteiger charge is -2.13. The maximum absolute atomic E-state index is 9.54. The summed E-state index contributed by atoms with van der Waals surface area (Å²) in [5.74, 6) is 1.09. The van der Waals surface area contributed by atoms with Gasteiger partial charge in [-0.2, -0.15) is 0 Å². The number of aliphatic hydroxyl groups is 1. The predicted octanol–water partition coefficient (Wildman–Crippen LogP) is 1.85. The van der Waals surface area contributed by atoms with Crippen molar-refractivity contribution in [2.75, 3.05) is 6.61 Å². The number of aryl methyl sites for hydroxylation is 1. The van der Waals surface area contributed by atoms with Gasteiger partial charge in [0.1, 0.15) is 5.75 Å². The van der Waals surface area contributed by atoms with Gasteiger partial charge in [0, 0.05) is 11.5 Å². The van der Waals surface area contributed by atoms with E-state index in [1.165, 1.54) is 11.1 Å². The number of fused-ring (bicyclic) bond motifs is 1. The zero-order valence-corrected chi connectivity index (χ0v) is 7.95. The van der Waals surface area contributed by atoms with Crippen LogP contribution < -0.4 is 4.74 Å². The summed E-state index contributed by atoms with van der Waals surface area (Å²) in [5.41, 5.74) is 2.39. The fraction of sp³-hybridized carbons (Fsp3) is 0.455. The molecule has 1 aromatic rings. The standard InChI is InChI=1S/C11H14O2/c1-7-4-3-5-10-11(7)9(6-13-10)8(2)12/h3-5,8-9,12H,6H2,1-2H3. The van der Waals surface area contributed by atoms with Crippen LogP contribution in [0.4, 0.5) is 0 Å². The van der Waals surface area contributed by atoms with Crippen LogP contribution in [-0.2, 0) is 0 Å². The Kier molecular flexibility index (Phi) is 2.00. The van der Waals surface area contributed by atoms with Crippen LogP contribution in [0.15, 0.2) is 18.2 Å². The Bertz CT molecular complexity index is 318. The molecule has 0 saturated carbocycles. The van der Waals surface area contributed by atoms with E-state index < -0.39 is 0 Å². The van der Waals surface area contributed by atoms with Gasteiger partial charge in [0.15, 0.2) is 0 Å². The first-order chi connectivity index (χ1) is 6.20. The van der Waals surface area contributed by atoms with E-state index in [1.54, 1.807) is 0 Å². The molecule has 2 unspecified atom stereocenters. The van der Waals surface area contributed by atoms with Crippen LogP contribution in [0.25, 0.3) is 0 Å². The van der Waals surface area contributed by atoms with E-state index >= 15 is 0 Å². The minimum atomic E-state index is -0.331. The van der Waals surface area contributed by atoms with Crippen molar-refractivity contribution in [2.24, 2.45) is 0 Å². The minimum Gasteiger partial charge on any atom is -0.493 e. The van der Waals surface area contributed by atoms with E-state index in [4.69, 9.17) is 4.74 Å². The van der Waals surface area contributed by atoms with Crippen molar-refractivity contribution in [3.63, 3.8) is 0 Å². The molecule has 1 N–H and O–H groups in total. The Balaban J connectivity index is 2.46. The Morgan fingerprint density at radius 1 is 1.54 bits per heavy atom. The lowest BCUT2D eigenvalue weighted by molar-refractivity contribution is 0.146. The molecule has 2 atom stereocenters. The van der Waals surface area contributed by atoms with Crippen LogP contribution in [0.5, 0.6) is 5.75 Å². The van der Waals surface area contributed by atoms with Gasteiger partial charge >= 0.3 is 0 Å². The smallest absolute Gasteiger partial charge is 0.123 e. The number of hydrogen-bond donors (Lipinski definition) is 1. The molecule has 13 heavy (non-hydrogen) atoms. The van der Waals surface area contributed by atoms with Crippen molar-refractivity contribution in [1.29, 1.82) is 0 Å². The van der Waals surface area contributed by atoms with Crippen molar-refractivity contribution in [3.8, 4) is 5.75 Å². The summed E-state index contributed by atoms with van der Waals surface area (Å²) in [6, 6.07) is 6.01. The molecule has 0 radical (unpaired) electrons. The zero-order chi connectivity index (χ0) is 9.42. The molecule has 70 valence electrons. The summed E-state index contributed by atoms with van der Waals surface area (Å²) >= 11 is 0. The van der Waals surface area contributed by atoms with Crippen LogP contribution in [-0.4, -0.2) is 17.8 Å². The minimum absolute atomic E-state index is 0.149. The molecule has 1 aliphatic heterocycles. The van der Waals surface area contributed by atoms with Crippen molar-refractivity contribution in [3.05, 3.63) is 29.3 Å². The van der Waals surface area contributed by atoms with E-state index in [9.17, 15) is 5.11 Å². The highest BCUT2D eigenvalue weighted by molar-refractivity contribution is 5.45. The molecular weight excluding hydrogens is 164 g/mol. The number of hydrogen-bond acceptors (Lipinski definition) is 2. The number of ether oxygens (including phenoxy) is 1. The summed E-state index contributed by atoms with van der Waals surface area (Å²) in [5, 5.41) is 9.54. The second-order valence-corrected chi connectivity index (χ2v) is 3.64. The van der Waals surface area contributed by atoms with Crippen LogP contribution in [0.2, 0.25) is 0 Å². The molecule has 2 rings (SSSR count). The molecular formula is C11H14O2. The third-order valence-corrected chi connectivity index (χ3v) is 2.66. The second-order valence-electron chi connectivity index (χ2n) is 3.64.